The van der Waals surface area contributed by atoms with Gasteiger partial charge in [0.05, 0.1) is 20.8 Å². The van der Waals surface area contributed by atoms with Gasteiger partial charge in [0.25, 0.3) is 0 Å². The van der Waals surface area contributed by atoms with Crippen molar-refractivity contribution in [1.29, 1.82) is 0 Å². The number of benzene rings is 7. The van der Waals surface area contributed by atoms with Gasteiger partial charge in [-0.05, 0) is 92.0 Å². The summed E-state index contributed by atoms with van der Waals surface area (Å²) in [6.45, 7) is 2.37. The summed E-state index contributed by atoms with van der Waals surface area (Å²) in [7, 11) is 0. The van der Waals surface area contributed by atoms with E-state index < -0.39 is 0 Å². The Hall–Kier alpha value is -4.96. The maximum Gasteiger partial charge on any atom is 0.0640 e. The SMILES string of the molecule is CC1CC=Cc2sc3c(N(c4ccc5c6ccccc6c6ccccc6c5c4)c4cccc5c4sc4ccccc45)cccc3c21. The summed E-state index contributed by atoms with van der Waals surface area (Å²) >= 11 is 3.84. The van der Waals surface area contributed by atoms with Crippen molar-refractivity contribution in [3.63, 3.8) is 0 Å². The van der Waals surface area contributed by atoms with E-state index >= 15 is 0 Å². The lowest BCUT2D eigenvalue weighted by molar-refractivity contribution is 0.783. The first-order valence-corrected chi connectivity index (χ1v) is 17.6. The van der Waals surface area contributed by atoms with Gasteiger partial charge < -0.3 is 4.90 Å². The van der Waals surface area contributed by atoms with Crippen LogP contribution in [-0.4, -0.2) is 0 Å². The molecule has 0 amide bonds. The molecule has 0 fully saturated rings. The van der Waals surface area contributed by atoms with Crippen molar-refractivity contribution in [2.75, 3.05) is 4.90 Å². The zero-order valence-electron chi connectivity index (χ0n) is 25.3. The molecule has 0 saturated heterocycles. The highest BCUT2D eigenvalue weighted by Gasteiger charge is 2.25. The molecule has 46 heavy (non-hydrogen) atoms. The Morgan fingerprint density at radius 1 is 0.522 bits per heavy atom. The molecular weight excluding hydrogens is 595 g/mol. The van der Waals surface area contributed by atoms with Crippen LogP contribution in [-0.2, 0) is 0 Å². The van der Waals surface area contributed by atoms with E-state index in [-0.39, 0.29) is 0 Å². The summed E-state index contributed by atoms with van der Waals surface area (Å²) in [5, 5.41) is 11.8. The molecule has 0 N–H and O–H groups in total. The Morgan fingerprint density at radius 2 is 1.09 bits per heavy atom. The van der Waals surface area contributed by atoms with Crippen molar-refractivity contribution in [1.82, 2.24) is 0 Å². The third-order valence-electron chi connectivity index (χ3n) is 9.86. The number of fused-ring (bicyclic) bond motifs is 12. The molecule has 1 unspecified atom stereocenters. The van der Waals surface area contributed by atoms with E-state index in [1.165, 1.54) is 90.1 Å². The van der Waals surface area contributed by atoms with E-state index in [4.69, 9.17) is 0 Å². The quantitative estimate of drug-likeness (QED) is 0.177. The summed E-state index contributed by atoms with van der Waals surface area (Å²) in [5.74, 6) is 0.517. The first-order chi connectivity index (χ1) is 22.7. The highest BCUT2D eigenvalue weighted by Crippen LogP contribution is 2.51. The minimum absolute atomic E-state index is 0.517. The Bertz CT molecular complexity index is 2670. The van der Waals surface area contributed by atoms with E-state index in [1.807, 2.05) is 22.7 Å². The second-order valence-electron chi connectivity index (χ2n) is 12.5. The van der Waals surface area contributed by atoms with E-state index in [0.717, 1.165) is 6.42 Å². The monoisotopic (exact) mass is 623 g/mol. The van der Waals surface area contributed by atoms with Crippen LogP contribution in [0.1, 0.15) is 29.7 Å². The number of anilines is 3. The maximum absolute atomic E-state index is 2.54. The third-order valence-corrected chi connectivity index (χ3v) is 12.3. The van der Waals surface area contributed by atoms with E-state index in [2.05, 4.69) is 151 Å². The third kappa shape index (κ3) is 3.73. The molecule has 7 aromatic carbocycles. The van der Waals surface area contributed by atoms with Gasteiger partial charge in [-0.2, -0.15) is 0 Å². The van der Waals surface area contributed by atoms with Crippen LogP contribution in [0, 0.1) is 0 Å². The molecule has 0 spiro atoms. The molecule has 10 rings (SSSR count). The zero-order valence-corrected chi connectivity index (χ0v) is 27.0. The molecule has 1 aliphatic rings. The summed E-state index contributed by atoms with van der Waals surface area (Å²) in [6, 6.07) is 47.4. The van der Waals surface area contributed by atoms with Crippen molar-refractivity contribution < 1.29 is 0 Å². The first-order valence-electron chi connectivity index (χ1n) is 16.0. The normalized spacial score (nSPS) is 14.7. The van der Waals surface area contributed by atoms with Crippen LogP contribution >= 0.6 is 22.7 Å². The Kier molecular flexibility index (Phi) is 5.72. The van der Waals surface area contributed by atoms with Crippen LogP contribution in [0.3, 0.4) is 0 Å². The number of hydrogen-bond donors (Lipinski definition) is 0. The molecule has 218 valence electrons. The number of allylic oxidation sites excluding steroid dienone is 1. The van der Waals surface area contributed by atoms with Gasteiger partial charge in [-0.25, -0.2) is 0 Å². The van der Waals surface area contributed by atoms with Gasteiger partial charge in [-0.1, -0.05) is 110 Å². The van der Waals surface area contributed by atoms with Crippen LogP contribution in [0.4, 0.5) is 17.1 Å². The van der Waals surface area contributed by atoms with Crippen LogP contribution in [0.2, 0.25) is 0 Å². The van der Waals surface area contributed by atoms with Gasteiger partial charge in [-0.3, -0.25) is 0 Å². The van der Waals surface area contributed by atoms with Gasteiger partial charge >= 0.3 is 0 Å². The molecule has 0 radical (unpaired) electrons. The van der Waals surface area contributed by atoms with Crippen molar-refractivity contribution >= 4 is 108 Å². The molecule has 0 saturated carbocycles. The topological polar surface area (TPSA) is 3.24 Å². The first kappa shape index (κ1) is 26.3. The second-order valence-corrected chi connectivity index (χ2v) is 14.6. The Labute approximate surface area is 275 Å². The minimum Gasteiger partial charge on any atom is -0.308 e. The van der Waals surface area contributed by atoms with Crippen LogP contribution < -0.4 is 4.90 Å². The van der Waals surface area contributed by atoms with Crippen molar-refractivity contribution in [3.8, 4) is 0 Å². The average molecular weight is 624 g/mol. The van der Waals surface area contributed by atoms with E-state index in [0.29, 0.717) is 5.92 Å². The van der Waals surface area contributed by atoms with Gasteiger partial charge in [0.1, 0.15) is 0 Å². The van der Waals surface area contributed by atoms with Gasteiger partial charge in [0.15, 0.2) is 0 Å². The van der Waals surface area contributed by atoms with Crippen LogP contribution in [0.15, 0.2) is 133 Å². The molecule has 2 aromatic heterocycles. The Balaban J connectivity index is 1.32. The molecule has 3 heteroatoms. The fourth-order valence-electron chi connectivity index (χ4n) is 7.80. The van der Waals surface area contributed by atoms with Gasteiger partial charge in [0, 0.05) is 26.0 Å². The molecule has 9 aromatic rings. The number of rotatable bonds is 3. The molecule has 0 bridgehead atoms. The summed E-state index contributed by atoms with van der Waals surface area (Å²) in [4.78, 5) is 3.94. The molecule has 1 nitrogen and oxygen atoms in total. The molecule has 1 atom stereocenters. The number of nitrogens with zero attached hydrogens (tertiary/aromatic N) is 1. The van der Waals surface area contributed by atoms with E-state index in [9.17, 15) is 0 Å². The predicted octanol–water partition coefficient (Wildman–Crippen LogP) is 13.7. The fourth-order valence-corrected chi connectivity index (χ4v) is 10.4. The lowest BCUT2D eigenvalue weighted by atomic mass is 9.91. The van der Waals surface area contributed by atoms with Crippen molar-refractivity contribution in [2.45, 2.75) is 19.3 Å². The summed E-state index contributed by atoms with van der Waals surface area (Å²) in [6.07, 6.45) is 5.78. The van der Waals surface area contributed by atoms with Crippen LogP contribution in [0.5, 0.6) is 0 Å². The number of thiophene rings is 2. The highest BCUT2D eigenvalue weighted by molar-refractivity contribution is 7.26. The lowest BCUT2D eigenvalue weighted by Gasteiger charge is -2.27. The average Bonchev–Trinajstić information content (AvgIpc) is 3.69. The van der Waals surface area contributed by atoms with Crippen LogP contribution in [0.25, 0.3) is 68.7 Å². The largest absolute Gasteiger partial charge is 0.308 e. The molecule has 1 aliphatic carbocycles. The van der Waals surface area contributed by atoms with Gasteiger partial charge in [0.2, 0.25) is 0 Å². The molecular formula is C43H29NS2. The standard InChI is InChI=1S/C43H29NS2/c1-26-11-8-22-40-41(26)35-18-10-20-38(43(35)46-40)44(37-19-9-17-34-33-16-6-7-21-39(33)45-42(34)37)27-23-24-32-30-14-3-2-12-28(30)29-13-4-5-15-31(29)36(32)25-27/h2-10,12-26H,11H2,1H3. The number of hydrogen-bond acceptors (Lipinski definition) is 3. The summed E-state index contributed by atoms with van der Waals surface area (Å²) < 4.78 is 4.00. The predicted molar refractivity (Wildman–Crippen MR) is 204 cm³/mol. The zero-order chi connectivity index (χ0) is 30.4. The maximum atomic E-state index is 2.54. The van der Waals surface area contributed by atoms with Crippen molar-refractivity contribution in [2.24, 2.45) is 0 Å². The van der Waals surface area contributed by atoms with Gasteiger partial charge in [-0.15, -0.1) is 22.7 Å². The minimum atomic E-state index is 0.517. The fraction of sp³-hybridized carbons (Fsp3) is 0.0698. The molecule has 2 heterocycles. The lowest BCUT2D eigenvalue weighted by Crippen LogP contribution is -2.10. The Morgan fingerprint density at radius 3 is 1.80 bits per heavy atom. The summed E-state index contributed by atoms with van der Waals surface area (Å²) in [5.41, 5.74) is 5.15. The van der Waals surface area contributed by atoms with E-state index in [1.54, 1.807) is 0 Å². The second kappa shape index (κ2) is 10.0. The van der Waals surface area contributed by atoms with Crippen molar-refractivity contribution in [3.05, 3.63) is 144 Å². The molecule has 0 aliphatic heterocycles. The smallest absolute Gasteiger partial charge is 0.0640 e. The highest BCUT2D eigenvalue weighted by atomic mass is 32.1.